The van der Waals surface area contributed by atoms with Gasteiger partial charge in [0.2, 0.25) is 11.8 Å². The highest BCUT2D eigenvalue weighted by Gasteiger charge is 2.31. The molecular weight excluding hydrogens is 464 g/mol. The summed E-state index contributed by atoms with van der Waals surface area (Å²) in [5, 5.41) is 6.66. The third-order valence-electron chi connectivity index (χ3n) is 6.51. The molecule has 10 heteroatoms. The van der Waals surface area contributed by atoms with Crippen molar-refractivity contribution >= 4 is 44.3 Å². The van der Waals surface area contributed by atoms with Gasteiger partial charge in [0.15, 0.2) is 10.8 Å². The van der Waals surface area contributed by atoms with Gasteiger partial charge in [-0.25, -0.2) is 4.98 Å². The predicted molar refractivity (Wildman–Crippen MR) is 137 cm³/mol. The van der Waals surface area contributed by atoms with Crippen LogP contribution in [-0.2, 0) is 16.1 Å². The number of hydrogen-bond donors (Lipinski definition) is 2. The van der Waals surface area contributed by atoms with E-state index in [0.717, 1.165) is 37.8 Å². The Hall–Kier alpha value is -3.27. The number of thiazole rings is 1. The van der Waals surface area contributed by atoms with Crippen molar-refractivity contribution in [1.29, 1.82) is 0 Å². The molecule has 1 aliphatic heterocycles. The molecule has 2 aromatic heterocycles. The molecular formula is C25H30N6O3S. The van der Waals surface area contributed by atoms with Gasteiger partial charge in [-0.2, -0.15) is 4.98 Å². The minimum Gasteiger partial charge on any atom is -0.353 e. The lowest BCUT2D eigenvalue weighted by Crippen LogP contribution is -2.43. The summed E-state index contributed by atoms with van der Waals surface area (Å²) in [6, 6.07) is 8.05. The van der Waals surface area contributed by atoms with Crippen LogP contribution in [0.15, 0.2) is 35.4 Å². The molecule has 184 valence electrons. The molecule has 1 aliphatic carbocycles. The van der Waals surface area contributed by atoms with Gasteiger partial charge in [0, 0.05) is 24.8 Å². The summed E-state index contributed by atoms with van der Waals surface area (Å²) >= 11 is 1.28. The second-order valence-corrected chi connectivity index (χ2v) is 10.7. The molecule has 2 amide bonds. The van der Waals surface area contributed by atoms with E-state index in [4.69, 9.17) is 0 Å². The smallest absolute Gasteiger partial charge is 0.273 e. The molecule has 3 heterocycles. The number of piperidine rings is 1. The van der Waals surface area contributed by atoms with Crippen LogP contribution in [0, 0.1) is 5.92 Å². The van der Waals surface area contributed by atoms with Crippen LogP contribution in [0.1, 0.15) is 51.0 Å². The molecule has 1 aromatic carbocycles. The molecule has 1 unspecified atom stereocenters. The Kier molecular flexibility index (Phi) is 6.55. The summed E-state index contributed by atoms with van der Waals surface area (Å²) in [5.41, 5.74) is 1.92. The van der Waals surface area contributed by atoms with E-state index in [2.05, 4.69) is 39.3 Å². The second kappa shape index (κ2) is 9.77. The highest BCUT2D eigenvalue weighted by atomic mass is 32.1. The van der Waals surface area contributed by atoms with E-state index in [-0.39, 0.29) is 29.8 Å². The van der Waals surface area contributed by atoms with E-state index in [9.17, 15) is 14.4 Å². The van der Waals surface area contributed by atoms with Gasteiger partial charge in [0.05, 0.1) is 5.92 Å². The van der Waals surface area contributed by atoms with Gasteiger partial charge >= 0.3 is 0 Å². The van der Waals surface area contributed by atoms with Crippen molar-refractivity contribution in [3.05, 3.63) is 46.5 Å². The molecule has 35 heavy (non-hydrogen) atoms. The van der Waals surface area contributed by atoms with Gasteiger partial charge in [-0.1, -0.05) is 37.3 Å². The summed E-state index contributed by atoms with van der Waals surface area (Å²) in [4.78, 5) is 49.2. The lowest BCUT2D eigenvalue weighted by Gasteiger charge is -2.31. The van der Waals surface area contributed by atoms with E-state index in [0.29, 0.717) is 39.7 Å². The molecule has 2 fully saturated rings. The van der Waals surface area contributed by atoms with E-state index < -0.39 is 0 Å². The standard InChI is InChI=1S/C25H30N6O3S/c1-15(2)16-5-3-7-19(11-16)27-20(32)13-31-14-26-22-21(24(31)34)35-25(29-22)30-10-4-6-17(12-30)23(33)28-18-8-9-18/h3,5,7,11,14-15,17-18H,4,6,8-10,12-13H2,1-2H3,(H,27,32)(H,28,33). The number of nitrogens with zero attached hydrogens (tertiary/aromatic N) is 4. The number of benzene rings is 1. The van der Waals surface area contributed by atoms with Gasteiger partial charge < -0.3 is 15.5 Å². The zero-order valence-electron chi connectivity index (χ0n) is 20.0. The molecule has 1 atom stereocenters. The minimum atomic E-state index is -0.292. The first-order valence-corrected chi connectivity index (χ1v) is 13.0. The van der Waals surface area contributed by atoms with Crippen molar-refractivity contribution in [3.8, 4) is 0 Å². The van der Waals surface area contributed by atoms with Crippen LogP contribution in [0.2, 0.25) is 0 Å². The monoisotopic (exact) mass is 494 g/mol. The van der Waals surface area contributed by atoms with Crippen LogP contribution < -0.4 is 21.1 Å². The Morgan fingerprint density at radius 2 is 2.06 bits per heavy atom. The average Bonchev–Trinajstić information content (AvgIpc) is 3.55. The molecule has 3 aromatic rings. The number of anilines is 2. The number of carbonyl (C=O) groups is 2. The van der Waals surface area contributed by atoms with Crippen molar-refractivity contribution in [2.45, 2.75) is 58.0 Å². The summed E-state index contributed by atoms with van der Waals surface area (Å²) < 4.78 is 1.73. The topological polar surface area (TPSA) is 109 Å². The van der Waals surface area contributed by atoms with E-state index in [1.807, 2.05) is 24.3 Å². The van der Waals surface area contributed by atoms with Crippen molar-refractivity contribution in [3.63, 3.8) is 0 Å². The zero-order chi connectivity index (χ0) is 24.5. The summed E-state index contributed by atoms with van der Waals surface area (Å²) in [5.74, 6) is 0.103. The number of aromatic nitrogens is 3. The first-order chi connectivity index (χ1) is 16.9. The molecule has 5 rings (SSSR count). The fraction of sp³-hybridized carbons (Fsp3) is 0.480. The van der Waals surface area contributed by atoms with Crippen LogP contribution in [0.25, 0.3) is 10.3 Å². The maximum Gasteiger partial charge on any atom is 0.273 e. The Labute approximate surface area is 207 Å². The molecule has 2 N–H and O–H groups in total. The first-order valence-electron chi connectivity index (χ1n) is 12.2. The predicted octanol–water partition coefficient (Wildman–Crippen LogP) is 3.11. The number of nitrogens with one attached hydrogen (secondary N) is 2. The maximum atomic E-state index is 13.1. The van der Waals surface area contributed by atoms with Gasteiger partial charge in [0.25, 0.3) is 5.56 Å². The molecule has 0 bridgehead atoms. The minimum absolute atomic E-state index is 0.0705. The van der Waals surface area contributed by atoms with Gasteiger partial charge in [-0.3, -0.25) is 19.0 Å². The molecule has 1 saturated carbocycles. The number of fused-ring (bicyclic) bond motifs is 1. The molecule has 0 spiro atoms. The third kappa shape index (κ3) is 5.37. The number of hydrogen-bond acceptors (Lipinski definition) is 7. The van der Waals surface area contributed by atoms with Crippen LogP contribution in [0.3, 0.4) is 0 Å². The van der Waals surface area contributed by atoms with Crippen molar-refractivity contribution < 1.29 is 9.59 Å². The SMILES string of the molecule is CC(C)c1cccc(NC(=O)Cn2cnc3nc(N4CCCC(C(=O)NC5CC5)C4)sc3c2=O)c1. The van der Waals surface area contributed by atoms with Crippen molar-refractivity contribution in [1.82, 2.24) is 19.9 Å². The van der Waals surface area contributed by atoms with Crippen LogP contribution >= 0.6 is 11.3 Å². The van der Waals surface area contributed by atoms with Gasteiger partial charge in [-0.05, 0) is 49.3 Å². The van der Waals surface area contributed by atoms with Crippen molar-refractivity contribution in [2.24, 2.45) is 5.92 Å². The van der Waals surface area contributed by atoms with Crippen molar-refractivity contribution in [2.75, 3.05) is 23.3 Å². The van der Waals surface area contributed by atoms with Crippen LogP contribution in [0.5, 0.6) is 0 Å². The summed E-state index contributed by atoms with van der Waals surface area (Å²) in [7, 11) is 0. The lowest BCUT2D eigenvalue weighted by molar-refractivity contribution is -0.125. The van der Waals surface area contributed by atoms with Gasteiger partial charge in [0.1, 0.15) is 17.6 Å². The molecule has 2 aliphatic rings. The highest BCUT2D eigenvalue weighted by Crippen LogP contribution is 2.30. The molecule has 9 nitrogen and oxygen atoms in total. The zero-order valence-corrected chi connectivity index (χ0v) is 20.8. The van der Waals surface area contributed by atoms with Gasteiger partial charge in [-0.15, -0.1) is 0 Å². The summed E-state index contributed by atoms with van der Waals surface area (Å²) in [6.45, 7) is 5.44. The lowest BCUT2D eigenvalue weighted by atomic mass is 9.97. The summed E-state index contributed by atoms with van der Waals surface area (Å²) in [6.07, 6.45) is 5.27. The maximum absolute atomic E-state index is 13.1. The first kappa shape index (κ1) is 23.5. The Balaban J connectivity index is 1.29. The van der Waals surface area contributed by atoms with E-state index in [1.54, 1.807) is 0 Å². The van der Waals surface area contributed by atoms with Crippen LogP contribution in [-0.4, -0.2) is 45.5 Å². The van der Waals surface area contributed by atoms with E-state index in [1.165, 1.54) is 22.2 Å². The fourth-order valence-corrected chi connectivity index (χ4v) is 5.33. The number of amides is 2. The molecule has 1 saturated heterocycles. The fourth-order valence-electron chi connectivity index (χ4n) is 4.33. The third-order valence-corrected chi connectivity index (χ3v) is 7.60. The van der Waals surface area contributed by atoms with E-state index >= 15 is 0 Å². The Morgan fingerprint density at radius 3 is 2.83 bits per heavy atom. The molecule has 0 radical (unpaired) electrons. The van der Waals surface area contributed by atoms with Crippen LogP contribution in [0.4, 0.5) is 10.8 Å². The Bertz CT molecular complexity index is 1310. The highest BCUT2D eigenvalue weighted by molar-refractivity contribution is 7.22. The Morgan fingerprint density at radius 1 is 1.23 bits per heavy atom. The second-order valence-electron chi connectivity index (χ2n) is 9.72. The normalized spacial score (nSPS) is 18.1. The average molecular weight is 495 g/mol. The number of rotatable bonds is 7. The number of carbonyl (C=O) groups excluding carboxylic acids is 2. The largest absolute Gasteiger partial charge is 0.353 e. The quantitative estimate of drug-likeness (QED) is 0.522.